The zero-order valence-corrected chi connectivity index (χ0v) is 15.1. The van der Waals surface area contributed by atoms with Crippen LogP contribution in [-0.4, -0.2) is 36.6 Å². The number of aromatic nitrogens is 1. The Hall–Kier alpha value is -2.90. The van der Waals surface area contributed by atoms with Gasteiger partial charge in [0.25, 0.3) is 0 Å². The fourth-order valence-electron chi connectivity index (χ4n) is 1.99. The highest BCUT2D eigenvalue weighted by Crippen LogP contribution is 2.34. The van der Waals surface area contributed by atoms with Gasteiger partial charge in [0, 0.05) is 18.9 Å². The summed E-state index contributed by atoms with van der Waals surface area (Å²) < 4.78 is 38.1. The summed E-state index contributed by atoms with van der Waals surface area (Å²) >= 11 is -2.19. The summed E-state index contributed by atoms with van der Waals surface area (Å²) in [6.07, 6.45) is -0.103. The van der Waals surface area contributed by atoms with Crippen LogP contribution in [0.15, 0.2) is 23.7 Å². The van der Waals surface area contributed by atoms with E-state index >= 15 is 0 Å². The van der Waals surface area contributed by atoms with Crippen LogP contribution in [0.1, 0.15) is 23.3 Å². The summed E-state index contributed by atoms with van der Waals surface area (Å²) in [7, 11) is 0. The first kappa shape index (κ1) is 20.4. The maximum Gasteiger partial charge on any atom is 0.357 e. The van der Waals surface area contributed by atoms with Gasteiger partial charge < -0.3 is 20.7 Å². The predicted molar refractivity (Wildman–Crippen MR) is 96.3 cm³/mol. The lowest BCUT2D eigenvalue weighted by molar-refractivity contribution is -0.116. The van der Waals surface area contributed by atoms with Crippen LogP contribution >= 0.6 is 11.3 Å². The lowest BCUT2D eigenvalue weighted by Gasteiger charge is -2.25. The summed E-state index contributed by atoms with van der Waals surface area (Å²) in [4.78, 5) is 26.4. The van der Waals surface area contributed by atoms with Crippen molar-refractivity contribution in [2.45, 2.75) is 12.8 Å². The molecule has 2 aromatic rings. The van der Waals surface area contributed by atoms with Gasteiger partial charge in [0.05, 0.1) is 34.0 Å². The highest BCUT2D eigenvalue weighted by atomic mass is 32.2. The normalized spacial score (nSPS) is 11.6. The van der Waals surface area contributed by atoms with Crippen molar-refractivity contribution in [2.75, 3.05) is 9.62 Å². The van der Waals surface area contributed by atoms with Gasteiger partial charge in [0.15, 0.2) is 5.69 Å². The molecule has 1 aromatic carbocycles. The highest BCUT2D eigenvalue weighted by molar-refractivity contribution is 7.81. The molecular formula is C14H13FN5O5S2-. The van der Waals surface area contributed by atoms with Gasteiger partial charge in [0.1, 0.15) is 10.8 Å². The fraction of sp³-hybridized carbons (Fsp3) is 0.143. The molecule has 1 aromatic heterocycles. The van der Waals surface area contributed by atoms with Gasteiger partial charge in [0.2, 0.25) is 5.91 Å². The van der Waals surface area contributed by atoms with E-state index in [1.54, 1.807) is 0 Å². The number of carboxylic acid groups (broad SMARTS) is 1. The molecule has 1 heterocycles. The van der Waals surface area contributed by atoms with Crippen molar-refractivity contribution in [2.24, 2.45) is 5.73 Å². The maximum absolute atomic E-state index is 14.3. The number of nitrogens with one attached hydrogen (secondary N) is 2. The average Bonchev–Trinajstić information content (AvgIpc) is 3.04. The number of carbonyl (C=O) groups is 2. The van der Waals surface area contributed by atoms with Gasteiger partial charge in [-0.3, -0.25) is 18.7 Å². The molecule has 0 aliphatic rings. The van der Waals surface area contributed by atoms with Crippen LogP contribution in [0.4, 0.5) is 20.8 Å². The van der Waals surface area contributed by atoms with E-state index in [1.165, 1.54) is 6.07 Å². The van der Waals surface area contributed by atoms with Gasteiger partial charge in [-0.25, -0.2) is 14.2 Å². The predicted octanol–water partition coefficient (Wildman–Crippen LogP) is 1.57. The van der Waals surface area contributed by atoms with Crippen molar-refractivity contribution in [3.05, 3.63) is 35.2 Å². The maximum atomic E-state index is 14.3. The quantitative estimate of drug-likeness (QED) is 0.288. The second-order valence-electron chi connectivity index (χ2n) is 5.06. The number of anilines is 3. The molecule has 0 spiro atoms. The third-order valence-electron chi connectivity index (χ3n) is 3.17. The molecule has 27 heavy (non-hydrogen) atoms. The molecule has 0 bridgehead atoms. The number of rotatable bonds is 8. The molecule has 0 aliphatic carbocycles. The number of halogens is 1. The molecule has 2 rings (SSSR count). The van der Waals surface area contributed by atoms with Crippen LogP contribution in [0, 0.1) is 11.2 Å². The molecule has 144 valence electrons. The highest BCUT2D eigenvalue weighted by Gasteiger charge is 2.23. The second kappa shape index (κ2) is 8.66. The molecule has 0 saturated heterocycles. The summed E-state index contributed by atoms with van der Waals surface area (Å²) in [5.74, 6) is -3.12. The molecule has 0 radical (unpaired) electrons. The van der Waals surface area contributed by atoms with Crippen LogP contribution in [-0.2, 0) is 16.1 Å². The third kappa shape index (κ3) is 5.06. The Labute approximate surface area is 158 Å². The third-order valence-corrected chi connectivity index (χ3v) is 4.78. The number of aromatic carboxylic acids is 1. The smallest absolute Gasteiger partial charge is 0.357 e. The van der Waals surface area contributed by atoms with Gasteiger partial charge in [-0.2, -0.15) is 0 Å². The standard InChI is InChI=1S/C14H14FN5O5S2/c15-8-5-7(1-2-9(8)19-11(21)4-3-10(16)17)20(27(24)25)13-12(14(22)23)18-6-26-13/h1-2,5-6H,3-4H2,(H3,16,17)(H,19,21)(H,22,23)(H,24,25)/p-1. The summed E-state index contributed by atoms with van der Waals surface area (Å²) in [6.45, 7) is 0. The molecule has 13 heteroatoms. The van der Waals surface area contributed by atoms with E-state index in [2.05, 4.69) is 10.3 Å². The summed E-state index contributed by atoms with van der Waals surface area (Å²) in [6, 6.07) is 3.17. The Morgan fingerprint density at radius 3 is 2.70 bits per heavy atom. The minimum Gasteiger partial charge on any atom is -0.755 e. The summed E-state index contributed by atoms with van der Waals surface area (Å²) in [5.41, 5.74) is 5.43. The molecular weight excluding hydrogens is 401 g/mol. The number of amidine groups is 1. The number of nitrogens with two attached hydrogens (primary N) is 1. The Balaban J connectivity index is 2.29. The first-order valence-corrected chi connectivity index (χ1v) is 9.10. The average molecular weight is 414 g/mol. The van der Waals surface area contributed by atoms with Crippen molar-refractivity contribution in [3.8, 4) is 0 Å². The molecule has 0 saturated carbocycles. The Morgan fingerprint density at radius 2 is 2.15 bits per heavy atom. The van der Waals surface area contributed by atoms with Crippen molar-refractivity contribution < 1.29 is 27.8 Å². The van der Waals surface area contributed by atoms with Gasteiger partial charge in [-0.15, -0.1) is 11.3 Å². The van der Waals surface area contributed by atoms with E-state index in [1.807, 2.05) is 0 Å². The van der Waals surface area contributed by atoms with E-state index in [0.717, 1.165) is 29.0 Å². The SMILES string of the molecule is N=C(N)CCC(=O)Nc1ccc(N(c2scnc2C(=O)O)S(=O)[O-])cc1F. The number of thiazole rings is 1. The van der Waals surface area contributed by atoms with Crippen LogP contribution in [0.5, 0.6) is 0 Å². The molecule has 0 aliphatic heterocycles. The fourth-order valence-corrected chi connectivity index (χ4v) is 3.52. The van der Waals surface area contributed by atoms with E-state index < -0.39 is 34.7 Å². The first-order valence-electron chi connectivity index (χ1n) is 7.19. The monoisotopic (exact) mass is 414 g/mol. The Bertz CT molecular complexity index is 919. The van der Waals surface area contributed by atoms with Gasteiger partial charge in [-0.1, -0.05) is 0 Å². The Morgan fingerprint density at radius 1 is 1.44 bits per heavy atom. The molecule has 0 fully saturated rings. The Kier molecular flexibility index (Phi) is 6.55. The second-order valence-corrected chi connectivity index (χ2v) is 6.69. The molecule has 5 N–H and O–H groups in total. The number of amides is 1. The van der Waals surface area contributed by atoms with E-state index in [4.69, 9.17) is 16.2 Å². The minimum atomic E-state index is -2.95. The van der Waals surface area contributed by atoms with Gasteiger partial charge >= 0.3 is 5.97 Å². The van der Waals surface area contributed by atoms with Gasteiger partial charge in [-0.05, 0) is 12.1 Å². The van der Waals surface area contributed by atoms with E-state index in [9.17, 15) is 22.7 Å². The number of hydrogen-bond donors (Lipinski definition) is 4. The number of carbonyl (C=O) groups excluding carboxylic acids is 1. The van der Waals surface area contributed by atoms with Crippen molar-refractivity contribution in [3.63, 3.8) is 0 Å². The lowest BCUT2D eigenvalue weighted by atomic mass is 10.2. The number of nitrogens with zero attached hydrogens (tertiary/aromatic N) is 2. The topological polar surface area (TPSA) is 173 Å². The lowest BCUT2D eigenvalue weighted by Crippen LogP contribution is -2.21. The van der Waals surface area contributed by atoms with E-state index in [-0.39, 0.29) is 35.1 Å². The van der Waals surface area contributed by atoms with Crippen molar-refractivity contribution in [1.29, 1.82) is 5.41 Å². The van der Waals surface area contributed by atoms with E-state index in [0.29, 0.717) is 4.31 Å². The molecule has 1 atom stereocenters. The van der Waals surface area contributed by atoms with Crippen molar-refractivity contribution in [1.82, 2.24) is 4.98 Å². The zero-order valence-electron chi connectivity index (χ0n) is 13.5. The first-order chi connectivity index (χ1) is 12.7. The number of carboxylic acids is 1. The van der Waals surface area contributed by atoms with Crippen LogP contribution in [0.3, 0.4) is 0 Å². The summed E-state index contributed by atoms with van der Waals surface area (Å²) in [5, 5.41) is 18.2. The zero-order chi connectivity index (χ0) is 20.1. The van der Waals surface area contributed by atoms with Crippen LogP contribution in [0.25, 0.3) is 0 Å². The van der Waals surface area contributed by atoms with Crippen LogP contribution < -0.4 is 15.4 Å². The number of hydrogen-bond acceptors (Lipinski definition) is 7. The largest absolute Gasteiger partial charge is 0.755 e. The minimum absolute atomic E-state index is 0.0117. The molecule has 1 amide bonds. The number of benzene rings is 1. The molecule has 1 unspecified atom stereocenters. The van der Waals surface area contributed by atoms with Crippen LogP contribution in [0.2, 0.25) is 0 Å². The molecule has 10 nitrogen and oxygen atoms in total. The van der Waals surface area contributed by atoms with Crippen molar-refractivity contribution >= 4 is 56.7 Å².